The maximum absolute atomic E-state index is 6.05. The Morgan fingerprint density at radius 1 is 1.26 bits per heavy atom. The first kappa shape index (κ1) is 19.5. The van der Waals surface area contributed by atoms with Crippen LogP contribution in [0.1, 0.15) is 36.5 Å². The number of hydrogen-bond acceptors (Lipinski definition) is 3. The van der Waals surface area contributed by atoms with E-state index in [9.17, 15) is 0 Å². The Morgan fingerprint density at radius 2 is 2.11 bits per heavy atom. The average molecular weight is 387 g/mol. The number of nitrogens with one attached hydrogen (secondary N) is 2. The Bertz CT molecular complexity index is 772. The molecular weight excluding hydrogens is 360 g/mol. The minimum absolute atomic E-state index is 0.492. The van der Waals surface area contributed by atoms with Gasteiger partial charge in [-0.1, -0.05) is 29.8 Å². The van der Waals surface area contributed by atoms with E-state index < -0.39 is 0 Å². The Morgan fingerprint density at radius 3 is 2.81 bits per heavy atom. The molecule has 1 aromatic carbocycles. The first-order valence-corrected chi connectivity index (χ1v) is 9.86. The minimum Gasteiger partial charge on any atom is -0.493 e. The summed E-state index contributed by atoms with van der Waals surface area (Å²) in [5, 5.41) is 7.16. The monoisotopic (exact) mass is 386 g/mol. The van der Waals surface area contributed by atoms with E-state index in [1.807, 2.05) is 6.07 Å². The fourth-order valence-electron chi connectivity index (χ4n) is 2.63. The maximum atomic E-state index is 6.05. The van der Waals surface area contributed by atoms with Gasteiger partial charge < -0.3 is 15.4 Å². The number of benzene rings is 1. The number of nitrogens with zero attached hydrogens (tertiary/aromatic N) is 2. The summed E-state index contributed by atoms with van der Waals surface area (Å²) in [5.41, 5.74) is 3.36. The van der Waals surface area contributed by atoms with Gasteiger partial charge in [0.2, 0.25) is 0 Å². The molecule has 5 nitrogen and oxygen atoms in total. The number of hydrogen-bond donors (Lipinski definition) is 2. The molecule has 1 aliphatic rings. The van der Waals surface area contributed by atoms with Crippen LogP contribution in [0.3, 0.4) is 0 Å². The summed E-state index contributed by atoms with van der Waals surface area (Å²) in [6.07, 6.45) is 4.32. The van der Waals surface area contributed by atoms with Gasteiger partial charge in [-0.05, 0) is 55.9 Å². The third-order valence-electron chi connectivity index (χ3n) is 4.39. The van der Waals surface area contributed by atoms with Crippen molar-refractivity contribution in [2.24, 2.45) is 10.9 Å². The van der Waals surface area contributed by atoms with Crippen molar-refractivity contribution in [3.8, 4) is 5.75 Å². The first-order valence-electron chi connectivity index (χ1n) is 9.49. The molecule has 0 aliphatic heterocycles. The zero-order chi connectivity index (χ0) is 19.1. The highest BCUT2D eigenvalue weighted by Crippen LogP contribution is 2.30. The second kappa shape index (κ2) is 9.60. The van der Waals surface area contributed by atoms with Gasteiger partial charge in [-0.15, -0.1) is 0 Å². The molecule has 0 radical (unpaired) electrons. The fourth-order valence-corrected chi connectivity index (χ4v) is 2.74. The van der Waals surface area contributed by atoms with Crippen molar-refractivity contribution in [2.75, 3.05) is 13.2 Å². The largest absolute Gasteiger partial charge is 0.493 e. The smallest absolute Gasteiger partial charge is 0.191 e. The van der Waals surface area contributed by atoms with Gasteiger partial charge in [0.25, 0.3) is 0 Å². The predicted octanol–water partition coefficient (Wildman–Crippen LogP) is 4.09. The summed E-state index contributed by atoms with van der Waals surface area (Å²) in [4.78, 5) is 8.73. The second-order valence-corrected chi connectivity index (χ2v) is 7.29. The SMILES string of the molecule is CCNC(=NCc1ccc(Cl)nc1)NCc1ccc(C)cc1OCC1CC1. The van der Waals surface area contributed by atoms with E-state index in [0.29, 0.717) is 18.2 Å². The van der Waals surface area contributed by atoms with Crippen molar-refractivity contribution in [3.05, 3.63) is 58.4 Å². The summed E-state index contributed by atoms with van der Waals surface area (Å²) < 4.78 is 6.05. The Hall–Kier alpha value is -2.27. The van der Waals surface area contributed by atoms with E-state index in [-0.39, 0.29) is 0 Å². The lowest BCUT2D eigenvalue weighted by molar-refractivity contribution is 0.296. The van der Waals surface area contributed by atoms with Crippen LogP contribution in [-0.2, 0) is 13.1 Å². The van der Waals surface area contributed by atoms with Crippen LogP contribution >= 0.6 is 11.6 Å². The number of guanidine groups is 1. The molecule has 2 N–H and O–H groups in total. The van der Waals surface area contributed by atoms with Crippen LogP contribution in [0.4, 0.5) is 0 Å². The van der Waals surface area contributed by atoms with Gasteiger partial charge in [-0.2, -0.15) is 0 Å². The zero-order valence-electron chi connectivity index (χ0n) is 16.0. The van der Waals surface area contributed by atoms with E-state index in [4.69, 9.17) is 16.3 Å². The highest BCUT2D eigenvalue weighted by atomic mass is 35.5. The number of aromatic nitrogens is 1. The molecule has 0 unspecified atom stereocenters. The van der Waals surface area contributed by atoms with Gasteiger partial charge in [0.15, 0.2) is 5.96 Å². The molecule has 0 atom stereocenters. The molecule has 144 valence electrons. The summed E-state index contributed by atoms with van der Waals surface area (Å²) in [5.74, 6) is 2.46. The summed E-state index contributed by atoms with van der Waals surface area (Å²) >= 11 is 5.83. The van der Waals surface area contributed by atoms with Crippen molar-refractivity contribution < 1.29 is 4.74 Å². The minimum atomic E-state index is 0.492. The first-order chi connectivity index (χ1) is 13.1. The number of aryl methyl sites for hydroxylation is 1. The Labute approximate surface area is 166 Å². The highest BCUT2D eigenvalue weighted by molar-refractivity contribution is 6.29. The Balaban J connectivity index is 1.62. The normalized spacial score (nSPS) is 14.1. The fraction of sp³-hybridized carbons (Fsp3) is 0.429. The molecular formula is C21H27ClN4O. The molecule has 0 bridgehead atoms. The predicted molar refractivity (Wildman–Crippen MR) is 110 cm³/mol. The van der Waals surface area contributed by atoms with E-state index >= 15 is 0 Å². The summed E-state index contributed by atoms with van der Waals surface area (Å²) in [7, 11) is 0. The van der Waals surface area contributed by atoms with Crippen molar-refractivity contribution in [1.29, 1.82) is 0 Å². The van der Waals surface area contributed by atoms with E-state index in [1.165, 1.54) is 18.4 Å². The van der Waals surface area contributed by atoms with Gasteiger partial charge in [0.05, 0.1) is 13.2 Å². The lowest BCUT2D eigenvalue weighted by Gasteiger charge is -2.15. The molecule has 0 saturated heterocycles. The van der Waals surface area contributed by atoms with Crippen LogP contribution in [0.5, 0.6) is 5.75 Å². The topological polar surface area (TPSA) is 58.5 Å². The molecule has 1 fully saturated rings. The highest BCUT2D eigenvalue weighted by Gasteiger charge is 2.22. The van der Waals surface area contributed by atoms with Crippen molar-refractivity contribution in [1.82, 2.24) is 15.6 Å². The van der Waals surface area contributed by atoms with Crippen molar-refractivity contribution >= 4 is 17.6 Å². The quantitative estimate of drug-likeness (QED) is 0.407. The van der Waals surface area contributed by atoms with Crippen LogP contribution in [0.15, 0.2) is 41.5 Å². The number of aliphatic imine (C=N–C) groups is 1. The van der Waals surface area contributed by atoms with Crippen LogP contribution in [0.25, 0.3) is 0 Å². The number of rotatable bonds is 8. The molecule has 3 rings (SSSR count). The molecule has 6 heteroatoms. The molecule has 1 aromatic heterocycles. The molecule has 2 aromatic rings. The van der Waals surface area contributed by atoms with E-state index in [1.54, 1.807) is 12.3 Å². The maximum Gasteiger partial charge on any atom is 0.191 e. The molecule has 0 amide bonds. The molecule has 1 heterocycles. The van der Waals surface area contributed by atoms with Crippen LogP contribution in [-0.4, -0.2) is 24.1 Å². The van der Waals surface area contributed by atoms with Crippen molar-refractivity contribution in [3.63, 3.8) is 0 Å². The lowest BCUT2D eigenvalue weighted by atomic mass is 10.1. The van der Waals surface area contributed by atoms with Gasteiger partial charge in [0, 0.05) is 24.8 Å². The third-order valence-corrected chi connectivity index (χ3v) is 4.62. The Kier molecular flexibility index (Phi) is 6.93. The average Bonchev–Trinajstić information content (AvgIpc) is 3.49. The standard InChI is InChI=1S/C21H27ClN4O/c1-3-23-21(25-12-17-7-9-20(22)24-11-17)26-13-18-8-4-15(2)10-19(18)27-14-16-5-6-16/h4,7-11,16H,3,5-6,12-14H2,1-2H3,(H2,23,25,26). The van der Waals surface area contributed by atoms with Gasteiger partial charge >= 0.3 is 0 Å². The van der Waals surface area contributed by atoms with Crippen LogP contribution in [0, 0.1) is 12.8 Å². The van der Waals surface area contributed by atoms with Crippen molar-refractivity contribution in [2.45, 2.75) is 39.8 Å². The third kappa shape index (κ3) is 6.43. The molecule has 1 aliphatic carbocycles. The second-order valence-electron chi connectivity index (χ2n) is 6.90. The number of ether oxygens (including phenoxy) is 1. The summed E-state index contributed by atoms with van der Waals surface area (Å²) in [6, 6.07) is 10.1. The van der Waals surface area contributed by atoms with Gasteiger partial charge in [-0.25, -0.2) is 9.98 Å². The molecule has 1 saturated carbocycles. The zero-order valence-corrected chi connectivity index (χ0v) is 16.7. The van der Waals surface area contributed by atoms with E-state index in [0.717, 1.165) is 41.9 Å². The van der Waals surface area contributed by atoms with Gasteiger partial charge in [-0.3, -0.25) is 0 Å². The van der Waals surface area contributed by atoms with E-state index in [2.05, 4.69) is 52.7 Å². The number of halogens is 1. The van der Waals surface area contributed by atoms with Crippen LogP contribution in [0.2, 0.25) is 5.15 Å². The molecule has 27 heavy (non-hydrogen) atoms. The van der Waals surface area contributed by atoms with Crippen LogP contribution < -0.4 is 15.4 Å². The van der Waals surface area contributed by atoms with Gasteiger partial charge in [0.1, 0.15) is 10.9 Å². The lowest BCUT2D eigenvalue weighted by Crippen LogP contribution is -2.36. The summed E-state index contributed by atoms with van der Waals surface area (Å²) in [6.45, 7) is 6.95. The number of pyridine rings is 1. The molecule has 0 spiro atoms.